The minimum atomic E-state index is -1.46. The summed E-state index contributed by atoms with van der Waals surface area (Å²) in [5.74, 6) is -1.05. The molecule has 0 saturated carbocycles. The van der Waals surface area contributed by atoms with Crippen molar-refractivity contribution in [2.24, 2.45) is 0 Å². The molecule has 118 valence electrons. The highest BCUT2D eigenvalue weighted by Crippen LogP contribution is 2.10. The first-order chi connectivity index (χ1) is 9.80. The summed E-state index contributed by atoms with van der Waals surface area (Å²) >= 11 is 0. The lowest BCUT2D eigenvalue weighted by Gasteiger charge is -2.10. The van der Waals surface area contributed by atoms with Gasteiger partial charge in [0.25, 0.3) is 0 Å². The van der Waals surface area contributed by atoms with Gasteiger partial charge in [0.1, 0.15) is 5.75 Å². The predicted octanol–water partition coefficient (Wildman–Crippen LogP) is 2.28. The van der Waals surface area contributed by atoms with Gasteiger partial charge in [-0.25, -0.2) is 4.79 Å². The third-order valence-electron chi connectivity index (χ3n) is 2.56. The van der Waals surface area contributed by atoms with Crippen LogP contribution in [0.2, 0.25) is 0 Å². The van der Waals surface area contributed by atoms with Crippen LogP contribution < -0.4 is 4.74 Å². The summed E-state index contributed by atoms with van der Waals surface area (Å²) in [6, 6.07) is 9.43. The quantitative estimate of drug-likeness (QED) is 0.478. The third-order valence-corrected chi connectivity index (χ3v) is 2.56. The van der Waals surface area contributed by atoms with Crippen LogP contribution in [0.3, 0.4) is 0 Å². The fraction of sp³-hybridized carbons (Fsp3) is 0.438. The molecule has 5 nitrogen and oxygen atoms in total. The molecule has 5 heteroatoms. The molecule has 0 bridgehead atoms. The van der Waals surface area contributed by atoms with E-state index in [2.05, 4.69) is 11.3 Å². The Morgan fingerprint density at radius 3 is 2.24 bits per heavy atom. The van der Waals surface area contributed by atoms with Gasteiger partial charge in [-0.15, -0.1) is 0 Å². The Hall–Kier alpha value is -1.85. The number of rotatable bonds is 6. The number of aliphatic hydroxyl groups is 2. The van der Waals surface area contributed by atoms with Gasteiger partial charge in [0.2, 0.25) is 0 Å². The molecule has 0 aliphatic heterocycles. The van der Waals surface area contributed by atoms with Crippen LogP contribution in [0.25, 0.3) is 0 Å². The van der Waals surface area contributed by atoms with E-state index < -0.39 is 5.79 Å². The second-order valence-electron chi connectivity index (χ2n) is 4.58. The molecule has 0 unspecified atom stereocenters. The number of ether oxygens (including phenoxy) is 2. The van der Waals surface area contributed by atoms with Gasteiger partial charge >= 0.3 is 5.97 Å². The Labute approximate surface area is 125 Å². The van der Waals surface area contributed by atoms with Gasteiger partial charge in [-0.2, -0.15) is 0 Å². The molecular formula is C16H24O5. The highest BCUT2D eigenvalue weighted by Gasteiger charge is 2.08. The number of hydrogen-bond donors (Lipinski definition) is 2. The second-order valence-corrected chi connectivity index (χ2v) is 4.58. The molecule has 1 rings (SSSR count). The van der Waals surface area contributed by atoms with E-state index in [9.17, 15) is 4.79 Å². The van der Waals surface area contributed by atoms with Crippen molar-refractivity contribution in [3.05, 3.63) is 42.5 Å². The third kappa shape index (κ3) is 10.6. The van der Waals surface area contributed by atoms with E-state index in [0.29, 0.717) is 25.0 Å². The monoisotopic (exact) mass is 296 g/mol. The van der Waals surface area contributed by atoms with Crippen molar-refractivity contribution in [3.8, 4) is 5.75 Å². The van der Waals surface area contributed by atoms with Crippen molar-refractivity contribution in [1.29, 1.82) is 0 Å². The van der Waals surface area contributed by atoms with E-state index in [4.69, 9.17) is 14.9 Å². The first-order valence-electron chi connectivity index (χ1n) is 6.68. The molecule has 0 atom stereocenters. The summed E-state index contributed by atoms with van der Waals surface area (Å²) < 4.78 is 9.92. The van der Waals surface area contributed by atoms with Crippen LogP contribution in [0.15, 0.2) is 42.5 Å². The smallest absolute Gasteiger partial charge is 0.333 e. The Morgan fingerprint density at radius 2 is 1.81 bits per heavy atom. The fourth-order valence-corrected chi connectivity index (χ4v) is 1.06. The Balaban J connectivity index is 0.000000567. The van der Waals surface area contributed by atoms with Gasteiger partial charge in [0.05, 0.1) is 13.7 Å². The molecule has 1 aromatic rings. The van der Waals surface area contributed by atoms with Crippen LogP contribution in [0, 0.1) is 0 Å². The lowest BCUT2D eigenvalue weighted by atomic mass is 10.2. The van der Waals surface area contributed by atoms with E-state index >= 15 is 0 Å². The zero-order valence-electron chi connectivity index (χ0n) is 12.8. The lowest BCUT2D eigenvalue weighted by Crippen LogP contribution is -2.20. The molecule has 0 saturated heterocycles. The van der Waals surface area contributed by atoms with Crippen molar-refractivity contribution < 1.29 is 24.5 Å². The molecule has 0 fully saturated rings. The van der Waals surface area contributed by atoms with Crippen molar-refractivity contribution in [2.45, 2.75) is 32.5 Å². The van der Waals surface area contributed by atoms with Gasteiger partial charge in [0, 0.05) is 12.0 Å². The largest absolute Gasteiger partial charge is 0.493 e. The van der Waals surface area contributed by atoms with E-state index in [0.717, 1.165) is 5.75 Å². The SMILES string of the molecule is C=C(CCOc1ccccc1)C(=O)OC.CCC(C)(O)O. The number of benzene rings is 1. The van der Waals surface area contributed by atoms with E-state index in [1.165, 1.54) is 14.0 Å². The van der Waals surface area contributed by atoms with Crippen molar-refractivity contribution >= 4 is 5.97 Å². The Kier molecular flexibility index (Phi) is 9.08. The summed E-state index contributed by atoms with van der Waals surface area (Å²) in [6.07, 6.45) is 0.856. The number of methoxy groups -OCH3 is 1. The van der Waals surface area contributed by atoms with E-state index in [1.807, 2.05) is 30.3 Å². The summed E-state index contributed by atoms with van der Waals surface area (Å²) in [7, 11) is 1.34. The molecule has 21 heavy (non-hydrogen) atoms. The standard InChI is InChI=1S/C12H14O3.C4H10O2/c1-10(12(13)14-2)8-9-15-11-6-4-3-5-7-11;1-3-4(2,5)6/h3-7H,1,8-9H2,2H3;5-6H,3H2,1-2H3. The molecule has 0 heterocycles. The number of para-hydroxylation sites is 1. The lowest BCUT2D eigenvalue weighted by molar-refractivity contribution is -0.145. The van der Waals surface area contributed by atoms with Gasteiger partial charge < -0.3 is 19.7 Å². The van der Waals surface area contributed by atoms with Crippen LogP contribution >= 0.6 is 0 Å². The maximum absolute atomic E-state index is 11.0. The number of esters is 1. The molecule has 1 aromatic carbocycles. The fourth-order valence-electron chi connectivity index (χ4n) is 1.06. The minimum Gasteiger partial charge on any atom is -0.493 e. The maximum Gasteiger partial charge on any atom is 0.333 e. The first-order valence-corrected chi connectivity index (χ1v) is 6.68. The van der Waals surface area contributed by atoms with Crippen LogP contribution in [-0.2, 0) is 9.53 Å². The van der Waals surface area contributed by atoms with Crippen molar-refractivity contribution in [1.82, 2.24) is 0 Å². The zero-order valence-corrected chi connectivity index (χ0v) is 12.8. The van der Waals surface area contributed by atoms with Gasteiger partial charge in [0.15, 0.2) is 5.79 Å². The van der Waals surface area contributed by atoms with Gasteiger partial charge in [-0.3, -0.25) is 0 Å². The molecular weight excluding hydrogens is 272 g/mol. The van der Waals surface area contributed by atoms with Crippen LogP contribution in [0.4, 0.5) is 0 Å². The minimum absolute atomic E-state index is 0.382. The van der Waals surface area contributed by atoms with E-state index in [-0.39, 0.29) is 5.97 Å². The molecule has 2 N–H and O–H groups in total. The van der Waals surface area contributed by atoms with Gasteiger partial charge in [-0.1, -0.05) is 31.7 Å². The maximum atomic E-state index is 11.0. The molecule has 0 spiro atoms. The summed E-state index contributed by atoms with van der Waals surface area (Å²) in [5, 5.41) is 16.8. The van der Waals surface area contributed by atoms with Gasteiger partial charge in [-0.05, 0) is 25.5 Å². The van der Waals surface area contributed by atoms with Crippen LogP contribution in [0.1, 0.15) is 26.7 Å². The highest BCUT2D eigenvalue weighted by molar-refractivity contribution is 5.87. The Bertz CT molecular complexity index is 420. The summed E-state index contributed by atoms with van der Waals surface area (Å²) in [5.41, 5.74) is 0.424. The van der Waals surface area contributed by atoms with Crippen molar-refractivity contribution in [2.75, 3.05) is 13.7 Å². The molecule has 0 amide bonds. The number of carbonyl (C=O) groups excluding carboxylic acids is 1. The molecule has 0 aromatic heterocycles. The molecule has 0 aliphatic carbocycles. The topological polar surface area (TPSA) is 76.0 Å². The first kappa shape index (κ1) is 19.1. The van der Waals surface area contributed by atoms with Crippen LogP contribution in [-0.4, -0.2) is 35.7 Å². The predicted molar refractivity (Wildman–Crippen MR) is 80.8 cm³/mol. The normalized spacial score (nSPS) is 10.1. The number of carbonyl (C=O) groups is 1. The second kappa shape index (κ2) is 9.96. The molecule has 0 aliphatic rings. The molecule has 0 radical (unpaired) electrons. The number of hydrogen-bond acceptors (Lipinski definition) is 5. The average molecular weight is 296 g/mol. The highest BCUT2D eigenvalue weighted by atomic mass is 16.5. The van der Waals surface area contributed by atoms with E-state index in [1.54, 1.807) is 6.92 Å². The summed E-state index contributed by atoms with van der Waals surface area (Å²) in [4.78, 5) is 11.0. The zero-order chi connectivity index (χ0) is 16.3. The summed E-state index contributed by atoms with van der Waals surface area (Å²) in [6.45, 7) is 7.09. The van der Waals surface area contributed by atoms with Crippen LogP contribution in [0.5, 0.6) is 5.75 Å². The Morgan fingerprint density at radius 1 is 1.29 bits per heavy atom. The average Bonchev–Trinajstić information content (AvgIpc) is 2.47. The van der Waals surface area contributed by atoms with Crippen molar-refractivity contribution in [3.63, 3.8) is 0 Å².